The van der Waals surface area contributed by atoms with Gasteiger partial charge in [-0.2, -0.15) is 0 Å². The molecule has 0 amide bonds. The molecule has 0 unspecified atom stereocenters. The van der Waals surface area contributed by atoms with Gasteiger partial charge in [-0.15, -0.1) is 0 Å². The van der Waals surface area contributed by atoms with Gasteiger partial charge in [-0.1, -0.05) is 6.42 Å². The van der Waals surface area contributed by atoms with Gasteiger partial charge >= 0.3 is 11.9 Å². The van der Waals surface area contributed by atoms with E-state index >= 15 is 0 Å². The zero-order chi connectivity index (χ0) is 12.6. The number of carboxylic acid groups (broad SMARTS) is 1. The molecule has 0 bridgehead atoms. The highest BCUT2D eigenvalue weighted by atomic mass is 16.6. The predicted octanol–water partition coefficient (Wildman–Crippen LogP) is 1.34. The van der Waals surface area contributed by atoms with Crippen molar-refractivity contribution in [1.29, 1.82) is 0 Å². The number of unbranched alkanes of at least 4 members (excludes halogenated alkanes) is 2. The van der Waals surface area contributed by atoms with E-state index in [-0.39, 0.29) is 6.61 Å². The Morgan fingerprint density at radius 2 is 1.81 bits per heavy atom. The summed E-state index contributed by atoms with van der Waals surface area (Å²) in [5.41, 5.74) is -0.637. The highest BCUT2D eigenvalue weighted by molar-refractivity contribution is 5.90. The van der Waals surface area contributed by atoms with Crippen molar-refractivity contribution in [3.63, 3.8) is 0 Å². The Labute approximate surface area is 95.4 Å². The Bertz CT molecular complexity index is 235. The first-order chi connectivity index (χ1) is 7.37. The smallest absolute Gasteiger partial charge is 0.317 e. The first-order valence-electron chi connectivity index (χ1n) is 5.42. The molecule has 0 rings (SSSR count). The number of carboxylic acids is 1. The minimum Gasteiger partial charge on any atom is -0.481 e. The number of aliphatic carboxylic acids is 1. The van der Waals surface area contributed by atoms with Gasteiger partial charge in [-0.3, -0.25) is 9.59 Å². The van der Waals surface area contributed by atoms with E-state index < -0.39 is 24.0 Å². The van der Waals surface area contributed by atoms with Crippen LogP contribution in [-0.2, 0) is 14.3 Å². The molecular weight excluding hydrogens is 212 g/mol. The van der Waals surface area contributed by atoms with E-state index in [4.69, 9.17) is 14.9 Å². The zero-order valence-corrected chi connectivity index (χ0v) is 9.86. The second kappa shape index (κ2) is 7.22. The van der Waals surface area contributed by atoms with Crippen LogP contribution in [0.5, 0.6) is 0 Å². The lowest BCUT2D eigenvalue weighted by Gasteiger charge is -2.24. The van der Waals surface area contributed by atoms with Crippen LogP contribution in [-0.4, -0.2) is 34.4 Å². The van der Waals surface area contributed by atoms with Crippen LogP contribution in [0.3, 0.4) is 0 Å². The van der Waals surface area contributed by atoms with Crippen LogP contribution in [0.25, 0.3) is 0 Å². The minimum atomic E-state index is -1.18. The average molecular weight is 232 g/mol. The van der Waals surface area contributed by atoms with Crippen molar-refractivity contribution in [3.8, 4) is 0 Å². The molecule has 0 aliphatic rings. The maximum Gasteiger partial charge on any atom is 0.317 e. The fourth-order valence-corrected chi connectivity index (χ4v) is 1.36. The van der Waals surface area contributed by atoms with Crippen LogP contribution < -0.4 is 0 Å². The molecule has 5 nitrogen and oxygen atoms in total. The largest absolute Gasteiger partial charge is 0.481 e. The predicted molar refractivity (Wildman–Crippen MR) is 58.0 cm³/mol. The number of carbonyl (C=O) groups excluding carboxylic acids is 1. The van der Waals surface area contributed by atoms with Gasteiger partial charge in [0.05, 0.1) is 0 Å². The molecule has 0 aromatic heterocycles. The molecular formula is C11H20O5. The zero-order valence-electron chi connectivity index (χ0n) is 9.86. The summed E-state index contributed by atoms with van der Waals surface area (Å²) in [7, 11) is 0. The van der Waals surface area contributed by atoms with Crippen molar-refractivity contribution in [1.82, 2.24) is 0 Å². The van der Waals surface area contributed by atoms with E-state index in [0.717, 1.165) is 19.3 Å². The summed E-state index contributed by atoms with van der Waals surface area (Å²) in [4.78, 5) is 21.4. The molecule has 94 valence electrons. The van der Waals surface area contributed by atoms with E-state index in [1.165, 1.54) is 0 Å². The number of ether oxygens (including phenoxy) is 1. The molecule has 0 aromatic carbocycles. The molecule has 0 aromatic rings. The van der Waals surface area contributed by atoms with Crippen molar-refractivity contribution in [2.75, 3.05) is 6.61 Å². The summed E-state index contributed by atoms with van der Waals surface area (Å²) < 4.78 is 5.05. The molecule has 2 N–H and O–H groups in total. The number of rotatable bonds is 8. The lowest BCUT2D eigenvalue weighted by atomic mass is 10.0. The van der Waals surface area contributed by atoms with Crippen LogP contribution in [0, 0.1) is 0 Å². The molecule has 0 fully saturated rings. The Morgan fingerprint density at radius 1 is 1.19 bits per heavy atom. The van der Waals surface area contributed by atoms with E-state index in [1.807, 2.05) is 0 Å². The van der Waals surface area contributed by atoms with Crippen molar-refractivity contribution in [3.05, 3.63) is 0 Å². The van der Waals surface area contributed by atoms with Crippen molar-refractivity contribution < 1.29 is 24.5 Å². The standard InChI is InChI=1S/C11H20O5/c1-11(2,6-4-3-5-7-12)16-10(15)8-9(13)14/h12H,3-8H2,1-2H3,(H,13,14). The fourth-order valence-electron chi connectivity index (χ4n) is 1.36. The molecule has 0 saturated heterocycles. The van der Waals surface area contributed by atoms with E-state index in [9.17, 15) is 9.59 Å². The lowest BCUT2D eigenvalue weighted by Crippen LogP contribution is -2.29. The van der Waals surface area contributed by atoms with Crippen molar-refractivity contribution in [2.45, 2.75) is 51.6 Å². The summed E-state index contributed by atoms with van der Waals surface area (Å²) in [6.07, 6.45) is 2.52. The van der Waals surface area contributed by atoms with Gasteiger partial charge in [0.2, 0.25) is 0 Å². The highest BCUT2D eigenvalue weighted by Crippen LogP contribution is 2.19. The van der Waals surface area contributed by atoms with Gasteiger partial charge in [0, 0.05) is 6.61 Å². The molecule has 16 heavy (non-hydrogen) atoms. The number of aliphatic hydroxyl groups excluding tert-OH is 1. The van der Waals surface area contributed by atoms with Gasteiger partial charge in [0.15, 0.2) is 0 Å². The van der Waals surface area contributed by atoms with Gasteiger partial charge in [0.1, 0.15) is 12.0 Å². The van der Waals surface area contributed by atoms with Crippen LogP contribution in [0.15, 0.2) is 0 Å². The highest BCUT2D eigenvalue weighted by Gasteiger charge is 2.23. The first-order valence-corrected chi connectivity index (χ1v) is 5.42. The second-order valence-electron chi connectivity index (χ2n) is 4.34. The van der Waals surface area contributed by atoms with Gasteiger partial charge in [-0.25, -0.2) is 0 Å². The topological polar surface area (TPSA) is 83.8 Å². The van der Waals surface area contributed by atoms with Crippen LogP contribution in [0.2, 0.25) is 0 Å². The van der Waals surface area contributed by atoms with E-state index in [2.05, 4.69) is 0 Å². The first kappa shape index (κ1) is 14.9. The number of hydrogen-bond acceptors (Lipinski definition) is 4. The Kier molecular flexibility index (Phi) is 6.72. The van der Waals surface area contributed by atoms with Crippen LogP contribution in [0.4, 0.5) is 0 Å². The van der Waals surface area contributed by atoms with Gasteiger partial charge < -0.3 is 14.9 Å². The molecule has 0 radical (unpaired) electrons. The SMILES string of the molecule is CC(C)(CCCCCO)OC(=O)CC(=O)O. The third-order valence-corrected chi connectivity index (χ3v) is 2.12. The Hall–Kier alpha value is -1.10. The molecule has 5 heteroatoms. The molecule has 0 atom stereocenters. The summed E-state index contributed by atoms with van der Waals surface area (Å²) in [5, 5.41) is 17.0. The second-order valence-corrected chi connectivity index (χ2v) is 4.34. The quantitative estimate of drug-likeness (QED) is 0.375. The third kappa shape index (κ3) is 8.23. The van der Waals surface area contributed by atoms with E-state index in [0.29, 0.717) is 6.42 Å². The van der Waals surface area contributed by atoms with Gasteiger partial charge in [0.25, 0.3) is 0 Å². The number of hydrogen-bond donors (Lipinski definition) is 2. The van der Waals surface area contributed by atoms with Crippen LogP contribution >= 0.6 is 0 Å². The fraction of sp³-hybridized carbons (Fsp3) is 0.818. The van der Waals surface area contributed by atoms with E-state index in [1.54, 1.807) is 13.8 Å². The monoisotopic (exact) mass is 232 g/mol. The van der Waals surface area contributed by atoms with Crippen LogP contribution in [0.1, 0.15) is 46.0 Å². The van der Waals surface area contributed by atoms with Crippen molar-refractivity contribution >= 4 is 11.9 Å². The average Bonchev–Trinajstić information content (AvgIpc) is 2.10. The molecule has 0 saturated carbocycles. The number of aliphatic hydroxyl groups is 1. The maximum atomic E-state index is 11.1. The minimum absolute atomic E-state index is 0.166. The summed E-state index contributed by atoms with van der Waals surface area (Å²) in [6, 6.07) is 0. The summed E-state index contributed by atoms with van der Waals surface area (Å²) in [5.74, 6) is -1.89. The Morgan fingerprint density at radius 3 is 2.31 bits per heavy atom. The lowest BCUT2D eigenvalue weighted by molar-refractivity contribution is -0.161. The van der Waals surface area contributed by atoms with Crippen molar-refractivity contribution in [2.24, 2.45) is 0 Å². The molecule has 0 heterocycles. The van der Waals surface area contributed by atoms with Gasteiger partial charge in [-0.05, 0) is 33.1 Å². The molecule has 0 aliphatic heterocycles. The summed E-state index contributed by atoms with van der Waals surface area (Å²) >= 11 is 0. The summed E-state index contributed by atoms with van der Waals surface area (Å²) in [6.45, 7) is 3.68. The maximum absolute atomic E-state index is 11.1. The normalized spacial score (nSPS) is 11.2. The number of esters is 1. The molecule has 0 aliphatic carbocycles. The third-order valence-electron chi connectivity index (χ3n) is 2.12. The number of carbonyl (C=O) groups is 2. The molecule has 0 spiro atoms. The Balaban J connectivity index is 3.84.